The summed E-state index contributed by atoms with van der Waals surface area (Å²) < 4.78 is 5.39. The van der Waals surface area contributed by atoms with Gasteiger partial charge in [0.25, 0.3) is 0 Å². The van der Waals surface area contributed by atoms with Crippen molar-refractivity contribution in [2.75, 3.05) is 0 Å². The molecule has 3 rings (SSSR count). The summed E-state index contributed by atoms with van der Waals surface area (Å²) in [5.41, 5.74) is 5.98. The third-order valence-corrected chi connectivity index (χ3v) is 5.60. The van der Waals surface area contributed by atoms with Crippen molar-refractivity contribution >= 4 is 12.0 Å². The fourth-order valence-corrected chi connectivity index (χ4v) is 3.87. The molecule has 4 heteroatoms. The molecule has 0 N–H and O–H groups in total. The van der Waals surface area contributed by atoms with Crippen molar-refractivity contribution in [1.82, 2.24) is 9.97 Å². The number of carbonyl (C=O) groups excluding carboxylic acids is 1. The van der Waals surface area contributed by atoms with Crippen molar-refractivity contribution in [3.8, 4) is 5.75 Å². The summed E-state index contributed by atoms with van der Waals surface area (Å²) in [5, 5.41) is 0. The van der Waals surface area contributed by atoms with Crippen LogP contribution in [-0.2, 0) is 0 Å². The van der Waals surface area contributed by atoms with Gasteiger partial charge in [0.1, 0.15) is 5.75 Å². The predicted octanol–water partition coefficient (Wildman–Crippen LogP) is 6.49. The molecule has 156 valence electrons. The number of carbonyl (C=O) groups is 1. The van der Waals surface area contributed by atoms with Gasteiger partial charge in [0.05, 0.1) is 0 Å². The van der Waals surface area contributed by atoms with Crippen LogP contribution in [0.2, 0.25) is 0 Å². The van der Waals surface area contributed by atoms with E-state index in [2.05, 4.69) is 49.8 Å². The number of hydrogen-bond donors (Lipinski definition) is 0. The lowest BCUT2D eigenvalue weighted by atomic mass is 9.72. The van der Waals surface area contributed by atoms with Gasteiger partial charge in [0, 0.05) is 18.0 Å². The second kappa shape index (κ2) is 9.21. The molecule has 30 heavy (non-hydrogen) atoms. The van der Waals surface area contributed by atoms with Crippen LogP contribution in [-0.4, -0.2) is 15.9 Å². The highest BCUT2D eigenvalue weighted by atomic mass is 16.5. The van der Waals surface area contributed by atoms with Gasteiger partial charge in [-0.2, -0.15) is 0 Å². The minimum Gasteiger partial charge on any atom is -0.420 e. The van der Waals surface area contributed by atoms with E-state index in [0.717, 1.165) is 16.7 Å². The zero-order valence-corrected chi connectivity index (χ0v) is 18.5. The fraction of sp³-hybridized carbons (Fsp3) is 0.346. The van der Waals surface area contributed by atoms with Gasteiger partial charge in [-0.1, -0.05) is 55.3 Å². The Morgan fingerprint density at radius 1 is 1.13 bits per heavy atom. The molecule has 0 fully saturated rings. The Bertz CT molecular complexity index is 1010. The fourth-order valence-electron chi connectivity index (χ4n) is 3.87. The van der Waals surface area contributed by atoms with Crippen LogP contribution in [0, 0.1) is 12.3 Å². The quantitative estimate of drug-likeness (QED) is 0.326. The van der Waals surface area contributed by atoms with E-state index < -0.39 is 5.97 Å². The molecule has 0 spiro atoms. The monoisotopic (exact) mass is 402 g/mol. The van der Waals surface area contributed by atoms with Gasteiger partial charge in [0.2, 0.25) is 5.82 Å². The third kappa shape index (κ3) is 5.32. The average molecular weight is 403 g/mol. The van der Waals surface area contributed by atoms with Crippen LogP contribution in [0.1, 0.15) is 68.7 Å². The van der Waals surface area contributed by atoms with E-state index in [1.807, 2.05) is 31.2 Å². The third-order valence-electron chi connectivity index (χ3n) is 5.60. The van der Waals surface area contributed by atoms with E-state index in [1.54, 1.807) is 18.5 Å². The van der Waals surface area contributed by atoms with E-state index in [4.69, 9.17) is 4.74 Å². The summed E-state index contributed by atoms with van der Waals surface area (Å²) in [5.74, 6) is 0.0120. The summed E-state index contributed by atoms with van der Waals surface area (Å²) >= 11 is 0. The molecular weight excluding hydrogens is 372 g/mol. The van der Waals surface area contributed by atoms with Gasteiger partial charge in [-0.15, -0.1) is 0 Å². The van der Waals surface area contributed by atoms with Crippen molar-refractivity contribution in [3.63, 3.8) is 0 Å². The minimum absolute atomic E-state index is 0.0494. The van der Waals surface area contributed by atoms with Crippen LogP contribution in [0.15, 0.2) is 65.5 Å². The molecule has 0 saturated heterocycles. The van der Waals surface area contributed by atoms with Gasteiger partial charge in [-0.25, -0.2) is 14.8 Å². The largest absolute Gasteiger partial charge is 0.420 e. The molecular formula is C26H30N2O2. The van der Waals surface area contributed by atoms with Crippen molar-refractivity contribution in [2.45, 2.75) is 53.9 Å². The van der Waals surface area contributed by atoms with E-state index in [1.165, 1.54) is 30.4 Å². The Balaban J connectivity index is 1.69. The van der Waals surface area contributed by atoms with E-state index in [-0.39, 0.29) is 11.2 Å². The number of esters is 1. The molecule has 0 atom stereocenters. The lowest BCUT2D eigenvalue weighted by Crippen LogP contribution is -2.19. The number of hydrogen-bond acceptors (Lipinski definition) is 4. The van der Waals surface area contributed by atoms with Crippen molar-refractivity contribution < 1.29 is 9.53 Å². The average Bonchev–Trinajstić information content (AvgIpc) is 2.69. The number of aryl methyl sites for hydroxylation is 1. The maximum absolute atomic E-state index is 12.3. The number of allylic oxidation sites excluding steroid dienone is 5. The highest BCUT2D eigenvalue weighted by Crippen LogP contribution is 2.40. The Kier molecular flexibility index (Phi) is 6.66. The Hall–Kier alpha value is -3.01. The van der Waals surface area contributed by atoms with E-state index >= 15 is 0 Å². The lowest BCUT2D eigenvalue weighted by molar-refractivity contribution is 0.0720. The molecule has 2 aromatic rings. The van der Waals surface area contributed by atoms with Gasteiger partial charge in [-0.3, -0.25) is 0 Å². The van der Waals surface area contributed by atoms with Crippen molar-refractivity contribution in [2.24, 2.45) is 5.41 Å². The standard InChI is InChI=1S/C26H30N2O2/c1-18(12-13-22-19(2)10-8-14-26(22,4)5)15-21-16-27-24(28-17-21)25(29)30-23-11-7-6-9-20(23)3/h6-7,9,11-13,15-17H,8,10,14H2,1-5H3/b13-12?,18-15+. The molecule has 0 bridgehead atoms. The second-order valence-corrected chi connectivity index (χ2v) is 8.65. The van der Waals surface area contributed by atoms with E-state index in [0.29, 0.717) is 5.75 Å². The molecule has 1 aromatic heterocycles. The van der Waals surface area contributed by atoms with Crippen LogP contribution in [0.4, 0.5) is 0 Å². The van der Waals surface area contributed by atoms with Crippen LogP contribution >= 0.6 is 0 Å². The first-order valence-corrected chi connectivity index (χ1v) is 10.4. The van der Waals surface area contributed by atoms with Gasteiger partial charge >= 0.3 is 5.97 Å². The molecule has 0 amide bonds. The first-order valence-electron chi connectivity index (χ1n) is 10.4. The number of benzene rings is 1. The van der Waals surface area contributed by atoms with Crippen LogP contribution in [0.25, 0.3) is 6.08 Å². The topological polar surface area (TPSA) is 52.1 Å². The number of para-hydroxylation sites is 1. The van der Waals surface area contributed by atoms with Gasteiger partial charge < -0.3 is 4.74 Å². The number of nitrogens with zero attached hydrogens (tertiary/aromatic N) is 2. The molecule has 0 radical (unpaired) electrons. The molecule has 1 aliphatic rings. The summed E-state index contributed by atoms with van der Waals surface area (Å²) in [4.78, 5) is 20.6. The molecule has 0 unspecified atom stereocenters. The molecule has 1 aromatic carbocycles. The highest BCUT2D eigenvalue weighted by molar-refractivity contribution is 5.87. The number of ether oxygens (including phenoxy) is 1. The molecule has 1 heterocycles. The SMILES string of the molecule is CC1=C(C=C/C(C)=C/c2cnc(C(=O)Oc3ccccc3C)nc2)C(C)(C)CCC1. The number of aromatic nitrogens is 2. The Labute approximate surface area is 179 Å². The van der Waals surface area contributed by atoms with E-state index in [9.17, 15) is 4.79 Å². The minimum atomic E-state index is -0.557. The Morgan fingerprint density at radius 3 is 2.50 bits per heavy atom. The summed E-state index contributed by atoms with van der Waals surface area (Å²) in [6.07, 6.45) is 13.4. The lowest BCUT2D eigenvalue weighted by Gasteiger charge is -2.32. The number of rotatable bonds is 5. The maximum Gasteiger partial charge on any atom is 0.381 e. The van der Waals surface area contributed by atoms with Gasteiger partial charge in [-0.05, 0) is 68.7 Å². The summed E-state index contributed by atoms with van der Waals surface area (Å²) in [6, 6.07) is 7.37. The zero-order valence-electron chi connectivity index (χ0n) is 18.5. The van der Waals surface area contributed by atoms with Gasteiger partial charge in [0.15, 0.2) is 0 Å². The predicted molar refractivity (Wildman–Crippen MR) is 121 cm³/mol. The van der Waals surface area contributed by atoms with Crippen LogP contribution in [0.5, 0.6) is 5.75 Å². The summed E-state index contributed by atoms with van der Waals surface area (Å²) in [7, 11) is 0. The van der Waals surface area contributed by atoms with Crippen molar-refractivity contribution in [3.05, 3.63) is 82.5 Å². The smallest absolute Gasteiger partial charge is 0.381 e. The highest BCUT2D eigenvalue weighted by Gasteiger charge is 2.26. The first-order chi connectivity index (χ1) is 14.3. The second-order valence-electron chi connectivity index (χ2n) is 8.65. The summed E-state index contributed by atoms with van der Waals surface area (Å²) in [6.45, 7) is 10.8. The maximum atomic E-state index is 12.3. The van der Waals surface area contributed by atoms with Crippen LogP contribution in [0.3, 0.4) is 0 Å². The molecule has 1 aliphatic carbocycles. The zero-order chi connectivity index (χ0) is 21.7. The normalized spacial score (nSPS) is 16.8. The Morgan fingerprint density at radius 2 is 1.83 bits per heavy atom. The van der Waals surface area contributed by atoms with Crippen molar-refractivity contribution in [1.29, 1.82) is 0 Å². The van der Waals surface area contributed by atoms with Crippen LogP contribution < -0.4 is 4.74 Å². The molecule has 4 nitrogen and oxygen atoms in total. The molecule has 0 saturated carbocycles. The first kappa shape index (κ1) is 21.7. The molecule has 0 aliphatic heterocycles.